The maximum atomic E-state index is 10.5. The van der Waals surface area contributed by atoms with Gasteiger partial charge in [0.1, 0.15) is 20.2 Å². The molecule has 12 nitrogen and oxygen atoms in total. The van der Waals surface area contributed by atoms with Crippen LogP contribution in [0.5, 0.6) is 0 Å². The van der Waals surface area contributed by atoms with Crippen LogP contribution in [0.4, 0.5) is 17.1 Å². The van der Waals surface area contributed by atoms with Crippen molar-refractivity contribution in [3.63, 3.8) is 0 Å². The van der Waals surface area contributed by atoms with E-state index in [1.54, 1.807) is 0 Å². The Balaban J connectivity index is 0.000000473. The van der Waals surface area contributed by atoms with E-state index in [0.29, 0.717) is 17.1 Å². The Morgan fingerprint density at radius 3 is 0.882 bits per heavy atom. The molecule has 0 unspecified atom stereocenters. The minimum absolute atomic E-state index is 0. The zero-order valence-electron chi connectivity index (χ0n) is 17.1. The van der Waals surface area contributed by atoms with Gasteiger partial charge in [0.2, 0.25) is 0 Å². The standard InChI is InChI=1S/3C6H7NO3S.Ce/c3*7-5-1-3-6(4-2-5)11(8,9)10;/h3*1-4H,7H2,(H,8,9,10);/p-2. The van der Waals surface area contributed by atoms with Crippen LogP contribution in [0, 0.1) is 41.7 Å². The Bertz CT molecular complexity index is 1200. The fourth-order valence-electron chi connectivity index (χ4n) is 1.91. The predicted molar refractivity (Wildman–Crippen MR) is 118 cm³/mol. The molecule has 0 aliphatic rings. The van der Waals surface area contributed by atoms with Crippen LogP contribution in [0.15, 0.2) is 87.5 Å². The van der Waals surface area contributed by atoms with Gasteiger partial charge < -0.3 is 26.3 Å². The summed E-state index contributed by atoms with van der Waals surface area (Å²) in [6.45, 7) is 0. The molecule has 0 fully saturated rings. The van der Waals surface area contributed by atoms with Crippen LogP contribution in [0.1, 0.15) is 0 Å². The first-order chi connectivity index (χ1) is 15.0. The van der Waals surface area contributed by atoms with Gasteiger partial charge >= 0.3 is 0 Å². The summed E-state index contributed by atoms with van der Waals surface area (Å²) in [5.41, 5.74) is 17.2. The number of rotatable bonds is 3. The van der Waals surface area contributed by atoms with Crippen LogP contribution in [0.2, 0.25) is 0 Å². The fourth-order valence-corrected chi connectivity index (χ4v) is 3.33. The molecule has 0 aromatic heterocycles. The maximum Gasteiger partial charge on any atom is 0.294 e. The number of hydrogen-bond donors (Lipinski definition) is 4. The van der Waals surface area contributed by atoms with Crippen LogP contribution in [0.25, 0.3) is 0 Å². The van der Waals surface area contributed by atoms with Crippen molar-refractivity contribution in [3.05, 3.63) is 72.8 Å². The van der Waals surface area contributed by atoms with Crippen molar-refractivity contribution < 1.29 is 80.7 Å². The third kappa shape index (κ3) is 12.0. The van der Waals surface area contributed by atoms with Crippen molar-refractivity contribution in [1.29, 1.82) is 0 Å². The van der Waals surface area contributed by atoms with Crippen molar-refractivity contribution in [2.45, 2.75) is 14.7 Å². The molecular formula is C18H19CeN3O9S3-2. The summed E-state index contributed by atoms with van der Waals surface area (Å²) < 4.78 is 91.5. The second kappa shape index (κ2) is 13.3. The monoisotopic (exact) mass is 657 g/mol. The van der Waals surface area contributed by atoms with Crippen molar-refractivity contribution >= 4 is 47.4 Å². The first-order valence-electron chi connectivity index (χ1n) is 8.46. The number of nitrogen functional groups attached to an aromatic ring is 3. The predicted octanol–water partition coefficient (Wildman–Crippen LogP) is 0.861. The molecule has 3 aromatic carbocycles. The molecule has 0 atom stereocenters. The average Bonchev–Trinajstić information content (AvgIpc) is 2.68. The summed E-state index contributed by atoms with van der Waals surface area (Å²) in [6.07, 6.45) is 0. The number of benzene rings is 3. The van der Waals surface area contributed by atoms with Crippen LogP contribution in [-0.4, -0.2) is 38.9 Å². The van der Waals surface area contributed by atoms with Gasteiger partial charge in [-0.3, -0.25) is 4.55 Å². The second-order valence-electron chi connectivity index (χ2n) is 6.09. The molecule has 0 saturated carbocycles. The summed E-state index contributed by atoms with van der Waals surface area (Å²) in [5.74, 6) is 0. The van der Waals surface area contributed by atoms with Crippen molar-refractivity contribution in [1.82, 2.24) is 0 Å². The second-order valence-corrected chi connectivity index (χ2v) is 10.3. The van der Waals surface area contributed by atoms with E-state index < -0.39 is 30.4 Å². The molecule has 7 N–H and O–H groups in total. The van der Waals surface area contributed by atoms with E-state index in [0.717, 1.165) is 0 Å². The number of hydrogen-bond acceptors (Lipinski definition) is 11. The first-order valence-corrected chi connectivity index (χ1v) is 12.7. The average molecular weight is 658 g/mol. The Morgan fingerprint density at radius 1 is 0.500 bits per heavy atom. The molecule has 0 bridgehead atoms. The minimum atomic E-state index is -4.33. The van der Waals surface area contributed by atoms with E-state index in [4.69, 9.17) is 21.8 Å². The molecule has 0 aliphatic heterocycles. The van der Waals surface area contributed by atoms with Crippen molar-refractivity contribution in [3.8, 4) is 0 Å². The van der Waals surface area contributed by atoms with E-state index in [1.165, 1.54) is 72.8 Å². The summed E-state index contributed by atoms with van der Waals surface area (Å²) in [4.78, 5) is -0.662. The van der Waals surface area contributed by atoms with E-state index in [9.17, 15) is 34.4 Å². The quantitative estimate of drug-likeness (QED) is 0.226. The van der Waals surface area contributed by atoms with Gasteiger partial charge in [0.15, 0.2) is 0 Å². The van der Waals surface area contributed by atoms with Crippen molar-refractivity contribution in [2.24, 2.45) is 0 Å². The summed E-state index contributed by atoms with van der Waals surface area (Å²) in [7, 11) is -12.7. The number of anilines is 3. The van der Waals surface area contributed by atoms with E-state index in [-0.39, 0.29) is 56.4 Å². The van der Waals surface area contributed by atoms with Crippen LogP contribution >= 0.6 is 0 Å². The Kier molecular flexibility index (Phi) is 12.6. The molecular weight excluding hydrogens is 639 g/mol. The van der Waals surface area contributed by atoms with Crippen LogP contribution in [-0.2, 0) is 30.4 Å². The van der Waals surface area contributed by atoms with E-state index in [2.05, 4.69) is 0 Å². The van der Waals surface area contributed by atoms with Gasteiger partial charge in [-0.05, 0) is 72.8 Å². The molecule has 0 amide bonds. The van der Waals surface area contributed by atoms with Gasteiger partial charge in [0.25, 0.3) is 10.1 Å². The molecule has 34 heavy (non-hydrogen) atoms. The minimum Gasteiger partial charge on any atom is -0.744 e. The number of nitrogens with two attached hydrogens (primary N) is 3. The Morgan fingerprint density at radius 2 is 0.706 bits per heavy atom. The van der Waals surface area contributed by atoms with Gasteiger partial charge in [0, 0.05) is 58.8 Å². The largest absolute Gasteiger partial charge is 0.744 e. The van der Waals surface area contributed by atoms with Gasteiger partial charge in [-0.25, -0.2) is 16.8 Å². The molecule has 0 saturated heterocycles. The molecule has 184 valence electrons. The van der Waals surface area contributed by atoms with E-state index >= 15 is 0 Å². The Hall–Kier alpha value is -1.83. The third-order valence-corrected chi connectivity index (χ3v) is 6.08. The SMILES string of the molecule is Nc1ccc(S(=O)(=O)O)cc1.Nc1ccc(S(=O)(=O)[O-])cc1.Nc1ccc(S(=O)(=O)[O-])cc1.[Ce]. The fraction of sp³-hybridized carbons (Fsp3) is 0. The smallest absolute Gasteiger partial charge is 0.294 e. The summed E-state index contributed by atoms with van der Waals surface area (Å²) in [6, 6.07) is 15.5. The third-order valence-electron chi connectivity index (χ3n) is 3.52. The molecule has 0 spiro atoms. The van der Waals surface area contributed by atoms with Crippen LogP contribution in [0.3, 0.4) is 0 Å². The summed E-state index contributed by atoms with van der Waals surface area (Å²) >= 11 is 0. The molecule has 3 aromatic rings. The normalized spacial score (nSPS) is 11.0. The van der Waals surface area contributed by atoms with Gasteiger partial charge in [-0.15, -0.1) is 0 Å². The zero-order chi connectivity index (χ0) is 25.4. The van der Waals surface area contributed by atoms with Gasteiger partial charge in [-0.2, -0.15) is 8.42 Å². The molecule has 0 radical (unpaired) electrons. The topological polar surface area (TPSA) is 247 Å². The van der Waals surface area contributed by atoms with Gasteiger partial charge in [-0.1, -0.05) is 0 Å². The maximum absolute atomic E-state index is 10.5. The summed E-state index contributed by atoms with van der Waals surface area (Å²) in [5, 5.41) is 0. The Labute approximate surface area is 230 Å². The molecule has 16 heteroatoms. The van der Waals surface area contributed by atoms with Gasteiger partial charge in [0.05, 0.1) is 14.7 Å². The molecule has 3 rings (SSSR count). The molecule has 0 aliphatic carbocycles. The van der Waals surface area contributed by atoms with Crippen LogP contribution < -0.4 is 17.2 Å². The van der Waals surface area contributed by atoms with E-state index in [1.807, 2.05) is 0 Å². The first kappa shape index (κ1) is 32.2. The zero-order valence-corrected chi connectivity index (χ0v) is 22.7. The molecule has 0 heterocycles. The van der Waals surface area contributed by atoms with Crippen molar-refractivity contribution in [2.75, 3.05) is 17.2 Å².